The van der Waals surface area contributed by atoms with Crippen LogP contribution in [0.2, 0.25) is 0 Å². The average Bonchev–Trinajstić information content (AvgIpc) is 2.75. The number of rotatable bonds is 3. The van der Waals surface area contributed by atoms with Gasteiger partial charge in [0.05, 0.1) is 15.6 Å². The van der Waals surface area contributed by atoms with E-state index in [1.165, 1.54) is 54.0 Å². The first-order valence-electron chi connectivity index (χ1n) is 7.63. The Balaban J connectivity index is 1.92. The number of hydrogen-bond acceptors (Lipinski definition) is 3. The van der Waals surface area contributed by atoms with Gasteiger partial charge in [0.25, 0.3) is 0 Å². The molecule has 3 heteroatoms. The molecule has 1 aliphatic carbocycles. The molecule has 3 rings (SSSR count). The van der Waals surface area contributed by atoms with Crippen molar-refractivity contribution in [3.63, 3.8) is 0 Å². The second-order valence-electron chi connectivity index (χ2n) is 5.59. The topological polar surface area (TPSA) is 38.9 Å². The van der Waals surface area contributed by atoms with Crippen molar-refractivity contribution in [3.8, 4) is 10.4 Å². The summed E-state index contributed by atoms with van der Waals surface area (Å²) in [5, 5.41) is 1.31. The minimum absolute atomic E-state index is 0.535. The van der Waals surface area contributed by atoms with Gasteiger partial charge in [-0.15, -0.1) is 11.3 Å². The van der Waals surface area contributed by atoms with E-state index in [-0.39, 0.29) is 0 Å². The minimum atomic E-state index is 0.535. The molecule has 1 fully saturated rings. The van der Waals surface area contributed by atoms with Crippen LogP contribution in [-0.4, -0.2) is 4.98 Å². The largest absolute Gasteiger partial charge is 0.325 e. The van der Waals surface area contributed by atoms with Gasteiger partial charge in [-0.2, -0.15) is 0 Å². The SMILES string of the molecule is NCc1nc(C2CCCCCC2)sc1-c1ccccc1. The summed E-state index contributed by atoms with van der Waals surface area (Å²) in [5.74, 6) is 0.658. The molecular formula is C17H22N2S. The lowest BCUT2D eigenvalue weighted by Crippen LogP contribution is -2.01. The van der Waals surface area contributed by atoms with Crippen LogP contribution in [0, 0.1) is 0 Å². The van der Waals surface area contributed by atoms with Gasteiger partial charge in [0, 0.05) is 12.5 Å². The molecule has 0 unspecified atom stereocenters. The Kier molecular flexibility index (Phi) is 4.48. The number of benzene rings is 1. The monoisotopic (exact) mass is 286 g/mol. The van der Waals surface area contributed by atoms with Crippen LogP contribution < -0.4 is 5.73 Å². The summed E-state index contributed by atoms with van der Waals surface area (Å²) in [5.41, 5.74) is 8.23. The van der Waals surface area contributed by atoms with Crippen molar-refractivity contribution in [2.24, 2.45) is 5.73 Å². The van der Waals surface area contributed by atoms with Gasteiger partial charge in [-0.1, -0.05) is 56.0 Å². The number of hydrogen-bond donors (Lipinski definition) is 1. The maximum absolute atomic E-state index is 5.91. The lowest BCUT2D eigenvalue weighted by Gasteiger charge is -2.09. The van der Waals surface area contributed by atoms with Crippen LogP contribution in [0.1, 0.15) is 55.1 Å². The molecule has 2 nitrogen and oxygen atoms in total. The Labute approximate surface area is 125 Å². The van der Waals surface area contributed by atoms with Gasteiger partial charge in [-0.3, -0.25) is 0 Å². The molecule has 0 bridgehead atoms. The molecule has 2 aromatic rings. The van der Waals surface area contributed by atoms with Crippen LogP contribution >= 0.6 is 11.3 Å². The summed E-state index contributed by atoms with van der Waals surface area (Å²) in [6, 6.07) is 10.5. The summed E-state index contributed by atoms with van der Waals surface area (Å²) >= 11 is 1.86. The van der Waals surface area contributed by atoms with Crippen molar-refractivity contribution >= 4 is 11.3 Å². The fourth-order valence-corrected chi connectivity index (χ4v) is 4.29. The molecule has 1 aromatic carbocycles. The van der Waals surface area contributed by atoms with Crippen LogP contribution in [0.3, 0.4) is 0 Å². The van der Waals surface area contributed by atoms with Crippen LogP contribution in [0.15, 0.2) is 30.3 Å². The summed E-state index contributed by atoms with van der Waals surface area (Å²) < 4.78 is 0. The van der Waals surface area contributed by atoms with Gasteiger partial charge >= 0.3 is 0 Å². The zero-order chi connectivity index (χ0) is 13.8. The van der Waals surface area contributed by atoms with E-state index in [2.05, 4.69) is 30.3 Å². The van der Waals surface area contributed by atoms with Crippen LogP contribution in [-0.2, 0) is 6.54 Å². The van der Waals surface area contributed by atoms with Crippen LogP contribution in [0.25, 0.3) is 10.4 Å². The lowest BCUT2D eigenvalue weighted by molar-refractivity contribution is 0.587. The summed E-state index contributed by atoms with van der Waals surface area (Å²) in [4.78, 5) is 6.13. The Bertz CT molecular complexity index is 539. The highest BCUT2D eigenvalue weighted by molar-refractivity contribution is 7.15. The predicted octanol–water partition coefficient (Wildman–Crippen LogP) is 4.71. The molecule has 106 valence electrons. The molecule has 2 N–H and O–H groups in total. The van der Waals surface area contributed by atoms with E-state index in [4.69, 9.17) is 10.7 Å². The van der Waals surface area contributed by atoms with Crippen LogP contribution in [0.4, 0.5) is 0 Å². The summed E-state index contributed by atoms with van der Waals surface area (Å²) in [6.45, 7) is 0.535. The third-order valence-electron chi connectivity index (χ3n) is 4.15. The van der Waals surface area contributed by atoms with Gasteiger partial charge in [0.1, 0.15) is 0 Å². The Hall–Kier alpha value is -1.19. The second kappa shape index (κ2) is 6.51. The van der Waals surface area contributed by atoms with Gasteiger partial charge in [0.15, 0.2) is 0 Å². The molecule has 0 spiro atoms. The third-order valence-corrected chi connectivity index (χ3v) is 5.46. The molecule has 1 aliphatic rings. The van der Waals surface area contributed by atoms with E-state index in [0.717, 1.165) is 5.69 Å². The van der Waals surface area contributed by atoms with Gasteiger partial charge in [0.2, 0.25) is 0 Å². The standard InChI is InChI=1S/C17H22N2S/c18-12-15-16(13-8-6-3-7-9-13)20-17(19-15)14-10-4-1-2-5-11-14/h3,6-9,14H,1-2,4-5,10-12,18H2. The van der Waals surface area contributed by atoms with Gasteiger partial charge in [-0.05, 0) is 18.4 Å². The number of nitrogens with zero attached hydrogens (tertiary/aromatic N) is 1. The van der Waals surface area contributed by atoms with Crippen molar-refractivity contribution in [2.75, 3.05) is 0 Å². The van der Waals surface area contributed by atoms with E-state index >= 15 is 0 Å². The fourth-order valence-electron chi connectivity index (χ4n) is 3.02. The first-order valence-corrected chi connectivity index (χ1v) is 8.45. The highest BCUT2D eigenvalue weighted by atomic mass is 32.1. The Morgan fingerprint density at radius 1 is 1.05 bits per heavy atom. The smallest absolute Gasteiger partial charge is 0.0966 e. The lowest BCUT2D eigenvalue weighted by atomic mass is 10.0. The number of nitrogens with two attached hydrogens (primary N) is 1. The molecule has 1 saturated carbocycles. The van der Waals surface area contributed by atoms with E-state index in [9.17, 15) is 0 Å². The van der Waals surface area contributed by atoms with Crippen molar-refractivity contribution in [3.05, 3.63) is 41.0 Å². The highest BCUT2D eigenvalue weighted by Crippen LogP contribution is 2.38. The highest BCUT2D eigenvalue weighted by Gasteiger charge is 2.20. The predicted molar refractivity (Wildman–Crippen MR) is 85.9 cm³/mol. The average molecular weight is 286 g/mol. The molecule has 0 amide bonds. The Morgan fingerprint density at radius 2 is 1.75 bits per heavy atom. The van der Waals surface area contributed by atoms with Gasteiger partial charge < -0.3 is 5.73 Å². The second-order valence-corrected chi connectivity index (χ2v) is 6.62. The van der Waals surface area contributed by atoms with E-state index in [0.29, 0.717) is 12.5 Å². The fraction of sp³-hybridized carbons (Fsp3) is 0.471. The minimum Gasteiger partial charge on any atom is -0.325 e. The van der Waals surface area contributed by atoms with Crippen molar-refractivity contribution in [1.82, 2.24) is 4.98 Å². The zero-order valence-corrected chi connectivity index (χ0v) is 12.7. The molecule has 1 heterocycles. The zero-order valence-electron chi connectivity index (χ0n) is 11.8. The number of thiazole rings is 1. The molecule has 20 heavy (non-hydrogen) atoms. The van der Waals surface area contributed by atoms with E-state index in [1.54, 1.807) is 0 Å². The quantitative estimate of drug-likeness (QED) is 0.830. The molecule has 0 aliphatic heterocycles. The first kappa shape index (κ1) is 13.8. The number of aromatic nitrogens is 1. The molecular weight excluding hydrogens is 264 g/mol. The van der Waals surface area contributed by atoms with Crippen molar-refractivity contribution in [1.29, 1.82) is 0 Å². The molecule has 0 atom stereocenters. The first-order chi connectivity index (χ1) is 9.88. The maximum atomic E-state index is 5.91. The summed E-state index contributed by atoms with van der Waals surface area (Å²) in [7, 11) is 0. The van der Waals surface area contributed by atoms with Gasteiger partial charge in [-0.25, -0.2) is 4.98 Å². The molecule has 1 aromatic heterocycles. The van der Waals surface area contributed by atoms with Crippen molar-refractivity contribution in [2.45, 2.75) is 51.0 Å². The molecule has 0 radical (unpaired) electrons. The van der Waals surface area contributed by atoms with Crippen LogP contribution in [0.5, 0.6) is 0 Å². The van der Waals surface area contributed by atoms with E-state index in [1.807, 2.05) is 11.3 Å². The Morgan fingerprint density at radius 3 is 2.40 bits per heavy atom. The summed E-state index contributed by atoms with van der Waals surface area (Å²) in [6.07, 6.45) is 8.07. The normalized spacial score (nSPS) is 17.1. The third kappa shape index (κ3) is 2.94. The molecule has 0 saturated heterocycles. The maximum Gasteiger partial charge on any atom is 0.0966 e. The van der Waals surface area contributed by atoms with Crippen molar-refractivity contribution < 1.29 is 0 Å². The van der Waals surface area contributed by atoms with E-state index < -0.39 is 0 Å².